The molecule has 0 amide bonds. The maximum atomic E-state index is 6.38. The number of para-hydroxylation sites is 2. The summed E-state index contributed by atoms with van der Waals surface area (Å²) in [6.45, 7) is 0. The van der Waals surface area contributed by atoms with Crippen molar-refractivity contribution in [3.63, 3.8) is 0 Å². The highest BCUT2D eigenvalue weighted by atomic mass is 16.4. The Morgan fingerprint density at radius 3 is 1.18 bits per heavy atom. The molecular weight excluding hydrogens is 827 g/mol. The third kappa shape index (κ3) is 7.01. The minimum Gasteiger partial charge on any atom is -0.455 e. The van der Waals surface area contributed by atoms with E-state index >= 15 is 0 Å². The molecule has 8 heteroatoms. The minimum atomic E-state index is 0.567. The number of fused-ring (bicyclic) bond motifs is 5. The monoisotopic (exact) mass is 861 g/mol. The Morgan fingerprint density at radius 1 is 0.254 bits per heavy atom. The van der Waals surface area contributed by atoms with Crippen LogP contribution in [0, 0.1) is 0 Å². The van der Waals surface area contributed by atoms with Crippen molar-refractivity contribution >= 4 is 44.1 Å². The van der Waals surface area contributed by atoms with Crippen molar-refractivity contribution in [1.82, 2.24) is 24.9 Å². The Balaban J connectivity index is 0.852. The number of hydrogen-bond acceptors (Lipinski definition) is 8. The predicted molar refractivity (Wildman–Crippen MR) is 266 cm³/mol. The minimum absolute atomic E-state index is 0.567. The van der Waals surface area contributed by atoms with Crippen LogP contribution in [0.3, 0.4) is 0 Å². The quantitative estimate of drug-likeness (QED) is 0.149. The van der Waals surface area contributed by atoms with E-state index < -0.39 is 0 Å². The van der Waals surface area contributed by atoms with Gasteiger partial charge in [-0.1, -0.05) is 158 Å². The highest BCUT2D eigenvalue weighted by Gasteiger charge is 2.17. The van der Waals surface area contributed by atoms with E-state index in [1.807, 2.05) is 91.0 Å². The van der Waals surface area contributed by atoms with Crippen molar-refractivity contribution in [1.29, 1.82) is 0 Å². The van der Waals surface area contributed by atoms with Gasteiger partial charge in [-0.2, -0.15) is 0 Å². The molecule has 314 valence electrons. The summed E-state index contributed by atoms with van der Waals surface area (Å²) >= 11 is 0. The Bertz CT molecular complexity index is 3770. The van der Waals surface area contributed by atoms with E-state index in [-0.39, 0.29) is 0 Å². The molecule has 0 aliphatic heterocycles. The van der Waals surface area contributed by atoms with Gasteiger partial charge < -0.3 is 13.3 Å². The fraction of sp³-hybridized carbons (Fsp3) is 0. The van der Waals surface area contributed by atoms with Gasteiger partial charge in [0.15, 0.2) is 28.6 Å². The molecule has 8 nitrogen and oxygen atoms in total. The molecule has 0 unspecified atom stereocenters. The summed E-state index contributed by atoms with van der Waals surface area (Å²) in [7, 11) is 0. The lowest BCUT2D eigenvalue weighted by Crippen LogP contribution is -2.00. The number of furan rings is 1. The first-order chi connectivity index (χ1) is 33.1. The van der Waals surface area contributed by atoms with Gasteiger partial charge in [-0.05, 0) is 82.4 Å². The van der Waals surface area contributed by atoms with Gasteiger partial charge in [-0.15, -0.1) is 0 Å². The molecule has 13 aromatic rings. The zero-order chi connectivity index (χ0) is 44.3. The summed E-state index contributed by atoms with van der Waals surface area (Å²) in [6, 6.07) is 71.5. The number of rotatable bonds is 8. The molecule has 0 aliphatic carbocycles. The van der Waals surface area contributed by atoms with E-state index in [9.17, 15) is 0 Å². The Kier molecular flexibility index (Phi) is 8.99. The third-order valence-electron chi connectivity index (χ3n) is 12.3. The molecule has 0 bridgehead atoms. The molecule has 4 heterocycles. The summed E-state index contributed by atoms with van der Waals surface area (Å²) in [5.74, 6) is 2.90. The first-order valence-corrected chi connectivity index (χ1v) is 22.0. The Labute approximate surface area is 383 Å². The second-order valence-corrected chi connectivity index (χ2v) is 16.5. The van der Waals surface area contributed by atoms with Crippen LogP contribution < -0.4 is 0 Å². The molecule has 0 saturated carbocycles. The van der Waals surface area contributed by atoms with Gasteiger partial charge in [0.05, 0.1) is 0 Å². The van der Waals surface area contributed by atoms with E-state index in [1.54, 1.807) is 0 Å². The molecule has 0 fully saturated rings. The standard InChI is InChI=1S/C59H35N5O3/c1-3-10-42(11-4-1)58-60-49-34-44(30-32-52(49)66-58)36-18-24-39(25-19-36)55-62-56(40-26-20-37(21-27-40)45-31-33-53-50(35-45)61-59(67-53)43-12-5-2-6-13-43)64-57(63-55)41-28-22-38(23-29-41)46-15-9-16-48-47-14-7-8-17-51(47)65-54(46)48/h1-35H. The zero-order valence-electron chi connectivity index (χ0n) is 35.7. The Morgan fingerprint density at radius 2 is 0.672 bits per heavy atom. The zero-order valence-corrected chi connectivity index (χ0v) is 35.7. The van der Waals surface area contributed by atoms with Crippen LogP contribution in [0.1, 0.15) is 0 Å². The predicted octanol–water partition coefficient (Wildman–Crippen LogP) is 15.4. The number of oxazole rings is 2. The van der Waals surface area contributed by atoms with Gasteiger partial charge in [0.2, 0.25) is 11.8 Å². The van der Waals surface area contributed by atoms with Gasteiger partial charge in [-0.3, -0.25) is 0 Å². The molecule has 0 atom stereocenters. The number of nitrogens with zero attached hydrogens (tertiary/aromatic N) is 5. The molecule has 0 saturated heterocycles. The van der Waals surface area contributed by atoms with Gasteiger partial charge in [0.1, 0.15) is 22.2 Å². The lowest BCUT2D eigenvalue weighted by atomic mass is 10.0. The van der Waals surface area contributed by atoms with Crippen LogP contribution in [0.15, 0.2) is 226 Å². The first kappa shape index (κ1) is 38.2. The van der Waals surface area contributed by atoms with E-state index in [0.29, 0.717) is 29.3 Å². The third-order valence-corrected chi connectivity index (χ3v) is 12.3. The van der Waals surface area contributed by atoms with E-state index in [0.717, 1.165) is 105 Å². The summed E-state index contributed by atoms with van der Waals surface area (Å²) in [5.41, 5.74) is 15.5. The van der Waals surface area contributed by atoms with Gasteiger partial charge in [-0.25, -0.2) is 24.9 Å². The van der Waals surface area contributed by atoms with E-state index in [1.165, 1.54) is 0 Å². The average Bonchev–Trinajstić information content (AvgIpc) is 4.15. The van der Waals surface area contributed by atoms with Crippen LogP contribution in [-0.2, 0) is 0 Å². The van der Waals surface area contributed by atoms with Gasteiger partial charge in [0.25, 0.3) is 0 Å². The van der Waals surface area contributed by atoms with Crippen LogP contribution in [0.25, 0.3) is 135 Å². The summed E-state index contributed by atoms with van der Waals surface area (Å²) in [4.78, 5) is 24.9. The van der Waals surface area contributed by atoms with Crippen molar-refractivity contribution in [2.75, 3.05) is 0 Å². The van der Waals surface area contributed by atoms with Crippen LogP contribution in [0.5, 0.6) is 0 Å². The summed E-state index contributed by atoms with van der Waals surface area (Å²) in [6.07, 6.45) is 0. The van der Waals surface area contributed by atoms with Gasteiger partial charge >= 0.3 is 0 Å². The summed E-state index contributed by atoms with van der Waals surface area (Å²) in [5, 5.41) is 2.19. The van der Waals surface area contributed by atoms with Crippen molar-refractivity contribution in [3.05, 3.63) is 212 Å². The van der Waals surface area contributed by atoms with Crippen molar-refractivity contribution in [3.8, 4) is 90.5 Å². The van der Waals surface area contributed by atoms with Crippen LogP contribution in [0.4, 0.5) is 0 Å². The molecule has 0 spiro atoms. The van der Waals surface area contributed by atoms with E-state index in [4.69, 9.17) is 38.2 Å². The first-order valence-electron chi connectivity index (χ1n) is 22.0. The molecule has 9 aromatic carbocycles. The lowest BCUT2D eigenvalue weighted by molar-refractivity contribution is 0.619. The fourth-order valence-electron chi connectivity index (χ4n) is 8.78. The second kappa shape index (κ2) is 15.8. The maximum Gasteiger partial charge on any atom is 0.227 e. The van der Waals surface area contributed by atoms with Crippen LogP contribution in [-0.4, -0.2) is 24.9 Å². The van der Waals surface area contributed by atoms with Crippen LogP contribution in [0.2, 0.25) is 0 Å². The van der Waals surface area contributed by atoms with Crippen LogP contribution >= 0.6 is 0 Å². The smallest absolute Gasteiger partial charge is 0.227 e. The molecular formula is C59H35N5O3. The van der Waals surface area contributed by atoms with Crippen molar-refractivity contribution in [2.45, 2.75) is 0 Å². The number of aromatic nitrogens is 5. The van der Waals surface area contributed by atoms with Crippen molar-refractivity contribution < 1.29 is 13.3 Å². The SMILES string of the molecule is c1ccc(-c2nc3cc(-c4ccc(-c5nc(-c6ccc(-c7ccc8oc(-c9ccccc9)nc8c7)cc6)nc(-c6ccc(-c7cccc8c7oc7ccccc78)cc6)n5)cc4)ccc3o2)cc1. The molecule has 67 heavy (non-hydrogen) atoms. The van der Waals surface area contributed by atoms with E-state index in [2.05, 4.69) is 121 Å². The Hall–Kier alpha value is -9.27. The molecule has 4 aromatic heterocycles. The topological polar surface area (TPSA) is 104 Å². The molecule has 0 radical (unpaired) electrons. The second-order valence-electron chi connectivity index (χ2n) is 16.5. The largest absolute Gasteiger partial charge is 0.455 e. The average molecular weight is 862 g/mol. The lowest BCUT2D eigenvalue weighted by Gasteiger charge is -2.10. The highest BCUT2D eigenvalue weighted by molar-refractivity contribution is 6.09. The normalized spacial score (nSPS) is 11.6. The number of hydrogen-bond donors (Lipinski definition) is 0. The fourth-order valence-corrected chi connectivity index (χ4v) is 8.78. The van der Waals surface area contributed by atoms with Crippen molar-refractivity contribution in [2.24, 2.45) is 0 Å². The van der Waals surface area contributed by atoms with Gasteiger partial charge in [0, 0.05) is 44.2 Å². The summed E-state index contributed by atoms with van der Waals surface area (Å²) < 4.78 is 18.6. The highest BCUT2D eigenvalue weighted by Crippen LogP contribution is 2.37. The maximum absolute atomic E-state index is 6.38. The molecule has 0 N–H and O–H groups in total. The molecule has 0 aliphatic rings. The number of benzene rings is 9. The molecule has 13 rings (SSSR count).